The number of hydrogen-bond donors (Lipinski definition) is 2. The van der Waals surface area contributed by atoms with E-state index in [-0.39, 0.29) is 25.8 Å². The SMILES string of the molecule is CCOC(CC[P+](=O)CO)(OCC)C(=O)O. The Labute approximate surface area is 95.3 Å². The first kappa shape index (κ1) is 15.4. The standard InChI is InChI=1S/C9H17O6P/c1-3-14-9(8(11)12,15-4-2)5-6-16(13)7-10/h10H,3-7H2,1-2H3/p+1. The Kier molecular flexibility index (Phi) is 7.42. The van der Waals surface area contributed by atoms with Crippen LogP contribution in [-0.2, 0) is 18.8 Å². The second-order valence-electron chi connectivity index (χ2n) is 3.02. The molecule has 6 nitrogen and oxygen atoms in total. The van der Waals surface area contributed by atoms with Crippen LogP contribution >= 0.6 is 7.80 Å². The first-order chi connectivity index (χ1) is 7.52. The smallest absolute Gasteiger partial charge is 0.366 e. The number of hydrogen-bond acceptors (Lipinski definition) is 5. The molecular formula is C9H18O6P+. The molecule has 0 rings (SSSR count). The molecule has 0 fully saturated rings. The quantitative estimate of drug-likeness (QED) is 0.470. The number of carboxylic acids is 1. The van der Waals surface area contributed by atoms with Crippen LogP contribution in [0.4, 0.5) is 0 Å². The Morgan fingerprint density at radius 1 is 1.31 bits per heavy atom. The van der Waals surface area contributed by atoms with Crippen molar-refractivity contribution < 1.29 is 29.0 Å². The maximum Gasteiger partial charge on any atom is 0.366 e. The predicted molar refractivity (Wildman–Crippen MR) is 57.8 cm³/mol. The maximum atomic E-state index is 11.1. The van der Waals surface area contributed by atoms with Gasteiger partial charge in [-0.2, -0.15) is 0 Å². The van der Waals surface area contributed by atoms with Gasteiger partial charge < -0.3 is 19.7 Å². The fourth-order valence-corrected chi connectivity index (χ4v) is 1.91. The summed E-state index contributed by atoms with van der Waals surface area (Å²) >= 11 is 0. The molecule has 1 atom stereocenters. The molecule has 1 unspecified atom stereocenters. The molecule has 0 amide bonds. The lowest BCUT2D eigenvalue weighted by molar-refractivity contribution is -0.242. The number of aliphatic hydroxyl groups is 1. The van der Waals surface area contributed by atoms with Crippen LogP contribution < -0.4 is 0 Å². The van der Waals surface area contributed by atoms with Crippen LogP contribution in [0.25, 0.3) is 0 Å². The van der Waals surface area contributed by atoms with Gasteiger partial charge in [0.25, 0.3) is 5.79 Å². The highest BCUT2D eigenvalue weighted by Crippen LogP contribution is 2.27. The lowest BCUT2D eigenvalue weighted by atomic mass is 10.2. The second kappa shape index (κ2) is 7.68. The van der Waals surface area contributed by atoms with Crippen LogP contribution in [0, 0.1) is 0 Å². The van der Waals surface area contributed by atoms with Gasteiger partial charge in [0.05, 0.1) is 6.42 Å². The Morgan fingerprint density at radius 2 is 1.81 bits per heavy atom. The van der Waals surface area contributed by atoms with Gasteiger partial charge in [-0.25, -0.2) is 4.79 Å². The highest BCUT2D eigenvalue weighted by Gasteiger charge is 2.42. The Hall–Kier alpha value is -0.550. The maximum absolute atomic E-state index is 11.1. The van der Waals surface area contributed by atoms with E-state index in [1.807, 2.05) is 0 Å². The van der Waals surface area contributed by atoms with E-state index in [0.717, 1.165) is 0 Å². The molecule has 0 aromatic rings. The minimum Gasteiger partial charge on any atom is -0.477 e. The predicted octanol–water partition coefficient (Wildman–Crippen LogP) is 1.01. The van der Waals surface area contributed by atoms with Crippen LogP contribution in [0.5, 0.6) is 0 Å². The second-order valence-corrected chi connectivity index (χ2v) is 4.71. The lowest BCUT2D eigenvalue weighted by Gasteiger charge is -2.27. The van der Waals surface area contributed by atoms with E-state index >= 15 is 0 Å². The summed E-state index contributed by atoms with van der Waals surface area (Å²) in [4.78, 5) is 11.1. The molecule has 0 heterocycles. The number of aliphatic carboxylic acids is 1. The van der Waals surface area contributed by atoms with E-state index in [1.165, 1.54) is 0 Å². The van der Waals surface area contributed by atoms with Crippen molar-refractivity contribution in [3.63, 3.8) is 0 Å². The number of rotatable bonds is 9. The molecule has 7 heteroatoms. The summed E-state index contributed by atoms with van der Waals surface area (Å²) in [6.45, 7) is 3.68. The average molecular weight is 253 g/mol. The van der Waals surface area contributed by atoms with E-state index in [2.05, 4.69) is 0 Å². The third-order valence-electron chi connectivity index (χ3n) is 1.93. The van der Waals surface area contributed by atoms with Crippen molar-refractivity contribution in [2.24, 2.45) is 0 Å². The van der Waals surface area contributed by atoms with Crippen LogP contribution in [0.15, 0.2) is 0 Å². The van der Waals surface area contributed by atoms with Crippen LogP contribution in [0.2, 0.25) is 0 Å². The normalized spacial score (nSPS) is 12.6. The highest BCUT2D eigenvalue weighted by molar-refractivity contribution is 7.44. The molecule has 0 aromatic heterocycles. The van der Waals surface area contributed by atoms with Gasteiger partial charge in [-0.05, 0) is 13.8 Å². The monoisotopic (exact) mass is 253 g/mol. The number of carbonyl (C=O) groups is 1. The topological polar surface area (TPSA) is 93.1 Å². The van der Waals surface area contributed by atoms with Crippen LogP contribution in [0.3, 0.4) is 0 Å². The van der Waals surface area contributed by atoms with Gasteiger partial charge in [0, 0.05) is 13.2 Å². The molecule has 2 N–H and O–H groups in total. The Balaban J connectivity index is 4.60. The largest absolute Gasteiger partial charge is 0.477 e. The van der Waals surface area contributed by atoms with Crippen molar-refractivity contribution in [1.82, 2.24) is 0 Å². The average Bonchev–Trinajstić information content (AvgIpc) is 2.25. The van der Waals surface area contributed by atoms with Gasteiger partial charge in [0.1, 0.15) is 0 Å². The third kappa shape index (κ3) is 4.53. The summed E-state index contributed by atoms with van der Waals surface area (Å²) in [6.07, 6.45) is -0.443. The molecule has 0 saturated heterocycles. The molecule has 94 valence electrons. The summed E-state index contributed by atoms with van der Waals surface area (Å²) in [5.74, 6) is -2.98. The summed E-state index contributed by atoms with van der Waals surface area (Å²) in [7, 11) is -1.81. The van der Waals surface area contributed by atoms with E-state index in [9.17, 15) is 9.36 Å². The highest BCUT2D eigenvalue weighted by atomic mass is 31.1. The van der Waals surface area contributed by atoms with Gasteiger partial charge in [0.2, 0.25) is 6.35 Å². The van der Waals surface area contributed by atoms with E-state index < -0.39 is 25.9 Å². The fourth-order valence-electron chi connectivity index (χ4n) is 1.23. The minimum absolute atomic E-state index is 0.0419. The van der Waals surface area contributed by atoms with Crippen molar-refractivity contribution in [3.05, 3.63) is 0 Å². The van der Waals surface area contributed by atoms with Crippen LogP contribution in [-0.4, -0.2) is 47.7 Å². The van der Waals surface area contributed by atoms with Crippen molar-refractivity contribution in [2.75, 3.05) is 25.7 Å². The molecule has 0 aromatic carbocycles. The van der Waals surface area contributed by atoms with Gasteiger partial charge in [-0.15, -0.1) is 0 Å². The minimum atomic E-state index is -1.81. The zero-order valence-corrected chi connectivity index (χ0v) is 10.4. The summed E-state index contributed by atoms with van der Waals surface area (Å²) in [5, 5.41) is 17.7. The lowest BCUT2D eigenvalue weighted by Crippen LogP contribution is -2.45. The summed E-state index contributed by atoms with van der Waals surface area (Å²) < 4.78 is 21.3. The van der Waals surface area contributed by atoms with Crippen molar-refractivity contribution in [2.45, 2.75) is 26.1 Å². The summed E-state index contributed by atoms with van der Waals surface area (Å²) in [5.41, 5.74) is 0. The summed E-state index contributed by atoms with van der Waals surface area (Å²) in [6, 6.07) is 0. The van der Waals surface area contributed by atoms with E-state index in [0.29, 0.717) is 0 Å². The molecule has 0 spiro atoms. The molecule has 0 aliphatic heterocycles. The Morgan fingerprint density at radius 3 is 2.12 bits per heavy atom. The zero-order chi connectivity index (χ0) is 12.6. The van der Waals surface area contributed by atoms with E-state index in [1.54, 1.807) is 13.8 Å². The van der Waals surface area contributed by atoms with Gasteiger partial charge in [0.15, 0.2) is 6.16 Å². The molecule has 0 aliphatic rings. The molecule has 0 saturated carbocycles. The van der Waals surface area contributed by atoms with Gasteiger partial charge >= 0.3 is 13.8 Å². The third-order valence-corrected chi connectivity index (χ3v) is 2.97. The van der Waals surface area contributed by atoms with Crippen molar-refractivity contribution in [1.29, 1.82) is 0 Å². The van der Waals surface area contributed by atoms with Crippen LogP contribution in [0.1, 0.15) is 20.3 Å². The van der Waals surface area contributed by atoms with Gasteiger partial charge in [-0.1, -0.05) is 4.57 Å². The fraction of sp³-hybridized carbons (Fsp3) is 0.889. The Bertz CT molecular complexity index is 236. The molecule has 16 heavy (non-hydrogen) atoms. The number of aliphatic hydroxyl groups excluding tert-OH is 1. The first-order valence-corrected chi connectivity index (χ1v) is 6.69. The van der Waals surface area contributed by atoms with Gasteiger partial charge in [-0.3, -0.25) is 0 Å². The zero-order valence-electron chi connectivity index (χ0n) is 9.51. The van der Waals surface area contributed by atoms with Crippen molar-refractivity contribution >= 4 is 13.8 Å². The first-order valence-electron chi connectivity index (χ1n) is 5.06. The molecule has 0 bridgehead atoms. The molecule has 0 aliphatic carbocycles. The molecular weight excluding hydrogens is 235 g/mol. The number of carboxylic acid groups (broad SMARTS) is 1. The number of ether oxygens (including phenoxy) is 2. The van der Waals surface area contributed by atoms with Crippen molar-refractivity contribution in [3.8, 4) is 0 Å². The molecule has 0 radical (unpaired) electrons. The van der Waals surface area contributed by atoms with E-state index in [4.69, 9.17) is 19.7 Å².